The van der Waals surface area contributed by atoms with Crippen LogP contribution in [-0.4, -0.2) is 63.9 Å². The number of carbonyl (C=O) groups is 1. The third kappa shape index (κ3) is 5.38. The largest absolute Gasteiger partial charge is 0.369 e. The zero-order chi connectivity index (χ0) is 28.5. The van der Waals surface area contributed by atoms with Crippen LogP contribution in [0, 0.1) is 0 Å². The molecule has 0 aromatic heterocycles. The highest BCUT2D eigenvalue weighted by Crippen LogP contribution is 2.43. The minimum Gasteiger partial charge on any atom is -0.369 e. The number of carbonyl (C=O) groups excluding carboxylic acids is 1. The Morgan fingerprint density at radius 2 is 1.54 bits per heavy atom. The molecule has 1 N–H and O–H groups in total. The SMILES string of the molecule is CN1CC=Cc2cccc(S(=O)(=O)Nc3ccc(C(=O)N4CCN(C5(c6ccccc6)CCCCC5)CC4)cc3)c21. The van der Waals surface area contributed by atoms with Crippen molar-refractivity contribution < 1.29 is 13.2 Å². The van der Waals surface area contributed by atoms with Gasteiger partial charge in [0.2, 0.25) is 0 Å². The summed E-state index contributed by atoms with van der Waals surface area (Å²) in [6.45, 7) is 3.72. The topological polar surface area (TPSA) is 73.0 Å². The monoisotopic (exact) mass is 570 g/mol. The maximum atomic E-state index is 13.4. The van der Waals surface area contributed by atoms with Crippen LogP contribution < -0.4 is 9.62 Å². The van der Waals surface area contributed by atoms with Crippen LogP contribution >= 0.6 is 0 Å². The molecule has 1 aliphatic carbocycles. The van der Waals surface area contributed by atoms with Crippen molar-refractivity contribution in [2.75, 3.05) is 49.4 Å². The maximum Gasteiger partial charge on any atom is 0.263 e. The number of nitrogens with zero attached hydrogens (tertiary/aromatic N) is 3. The van der Waals surface area contributed by atoms with Gasteiger partial charge in [-0.2, -0.15) is 0 Å². The zero-order valence-electron chi connectivity index (χ0n) is 23.6. The molecule has 8 heteroatoms. The highest BCUT2D eigenvalue weighted by atomic mass is 32.2. The van der Waals surface area contributed by atoms with Gasteiger partial charge in [0.1, 0.15) is 4.90 Å². The van der Waals surface area contributed by atoms with Gasteiger partial charge in [-0.25, -0.2) is 8.42 Å². The van der Waals surface area contributed by atoms with E-state index in [1.807, 2.05) is 35.1 Å². The first kappa shape index (κ1) is 27.5. The molecule has 0 radical (unpaired) electrons. The van der Waals surface area contributed by atoms with E-state index in [0.29, 0.717) is 36.6 Å². The summed E-state index contributed by atoms with van der Waals surface area (Å²) in [6.07, 6.45) is 10.1. The average Bonchev–Trinajstić information content (AvgIpc) is 3.02. The summed E-state index contributed by atoms with van der Waals surface area (Å²) in [4.78, 5) is 20.1. The van der Waals surface area contributed by atoms with Crippen LogP contribution in [0.5, 0.6) is 0 Å². The van der Waals surface area contributed by atoms with Crippen LogP contribution in [0.1, 0.15) is 53.6 Å². The molecule has 214 valence electrons. The molecule has 1 saturated carbocycles. The first-order chi connectivity index (χ1) is 19.9. The Morgan fingerprint density at radius 1 is 0.829 bits per heavy atom. The van der Waals surface area contributed by atoms with E-state index in [-0.39, 0.29) is 16.3 Å². The summed E-state index contributed by atoms with van der Waals surface area (Å²) < 4.78 is 29.4. The second-order valence-electron chi connectivity index (χ2n) is 11.4. The molecule has 3 aliphatic rings. The van der Waals surface area contributed by atoms with E-state index in [2.05, 4.69) is 40.0 Å². The molecular formula is C33H38N4O3S. The van der Waals surface area contributed by atoms with Crippen LogP contribution in [0.15, 0.2) is 83.8 Å². The number of amides is 1. The fourth-order valence-electron chi connectivity index (χ4n) is 6.81. The second-order valence-corrected chi connectivity index (χ2v) is 13.0. The van der Waals surface area contributed by atoms with Crippen LogP contribution in [0.4, 0.5) is 11.4 Å². The number of piperazine rings is 1. The van der Waals surface area contributed by atoms with Gasteiger partial charge in [0.15, 0.2) is 0 Å². The molecule has 3 aromatic rings. The Balaban J connectivity index is 1.12. The lowest BCUT2D eigenvalue weighted by Crippen LogP contribution is -2.57. The standard InChI is InChI=1S/C33H38N4O3S/c1-35-21-9-11-26-10-8-14-30(31(26)35)41(39,40)34-29-17-15-27(16-18-29)32(38)36-22-24-37(25-23-36)33(19-6-3-7-20-33)28-12-4-2-5-13-28/h2,4-5,8-18,34H,3,6-7,19-25H2,1H3. The van der Waals surface area contributed by atoms with Crippen LogP contribution in [0.2, 0.25) is 0 Å². The molecule has 2 aliphatic heterocycles. The van der Waals surface area contributed by atoms with E-state index in [9.17, 15) is 13.2 Å². The Kier molecular flexibility index (Phi) is 7.62. The third-order valence-electron chi connectivity index (χ3n) is 8.93. The van der Waals surface area contributed by atoms with Crippen LogP contribution in [0.3, 0.4) is 0 Å². The van der Waals surface area contributed by atoms with Crippen molar-refractivity contribution in [3.8, 4) is 0 Å². The van der Waals surface area contributed by atoms with Gasteiger partial charge in [0.25, 0.3) is 15.9 Å². The quantitative estimate of drug-likeness (QED) is 0.420. The van der Waals surface area contributed by atoms with Crippen molar-refractivity contribution in [2.45, 2.75) is 42.5 Å². The molecule has 41 heavy (non-hydrogen) atoms. The van der Waals surface area contributed by atoms with E-state index in [0.717, 1.165) is 18.7 Å². The van der Waals surface area contributed by atoms with Crippen LogP contribution in [-0.2, 0) is 15.6 Å². The molecule has 0 unspecified atom stereocenters. The summed E-state index contributed by atoms with van der Waals surface area (Å²) >= 11 is 0. The number of sulfonamides is 1. The Morgan fingerprint density at radius 3 is 2.24 bits per heavy atom. The normalized spacial score (nSPS) is 19.0. The highest BCUT2D eigenvalue weighted by Gasteiger charge is 2.41. The first-order valence-corrected chi connectivity index (χ1v) is 16.1. The van der Waals surface area contributed by atoms with E-state index in [1.165, 1.54) is 37.7 Å². The summed E-state index contributed by atoms with van der Waals surface area (Å²) in [6, 6.07) is 23.0. The second kappa shape index (κ2) is 11.3. The average molecular weight is 571 g/mol. The van der Waals surface area contributed by atoms with Crippen molar-refractivity contribution in [2.24, 2.45) is 0 Å². The van der Waals surface area contributed by atoms with Gasteiger partial charge in [-0.1, -0.05) is 73.9 Å². The molecule has 1 amide bonds. The van der Waals surface area contributed by atoms with Gasteiger partial charge in [-0.15, -0.1) is 0 Å². The minimum atomic E-state index is -3.81. The first-order valence-electron chi connectivity index (χ1n) is 14.6. The molecule has 6 rings (SSSR count). The molecule has 2 fully saturated rings. The van der Waals surface area contributed by atoms with Crippen molar-refractivity contribution in [3.63, 3.8) is 0 Å². The molecule has 0 bridgehead atoms. The number of anilines is 2. The van der Waals surface area contributed by atoms with E-state index >= 15 is 0 Å². The van der Waals surface area contributed by atoms with Gasteiger partial charge in [0.05, 0.1) is 5.69 Å². The predicted molar refractivity (Wildman–Crippen MR) is 165 cm³/mol. The van der Waals surface area contributed by atoms with Gasteiger partial charge >= 0.3 is 0 Å². The fraction of sp³-hybridized carbons (Fsp3) is 0.364. The summed E-state index contributed by atoms with van der Waals surface area (Å²) in [5, 5.41) is 0. The number of para-hydroxylation sites is 1. The molecule has 1 saturated heterocycles. The summed E-state index contributed by atoms with van der Waals surface area (Å²) in [7, 11) is -1.93. The zero-order valence-corrected chi connectivity index (χ0v) is 24.4. The van der Waals surface area contributed by atoms with Crippen molar-refractivity contribution in [1.82, 2.24) is 9.80 Å². The summed E-state index contributed by atoms with van der Waals surface area (Å²) in [5.74, 6) is -0.0120. The molecule has 3 aromatic carbocycles. The number of rotatable bonds is 6. The number of nitrogens with one attached hydrogen (secondary N) is 1. The number of likely N-dealkylation sites (N-methyl/N-ethyl adjacent to an activating group) is 1. The minimum absolute atomic E-state index is 0.0120. The molecule has 2 heterocycles. The molecule has 7 nitrogen and oxygen atoms in total. The number of hydrogen-bond donors (Lipinski definition) is 1. The van der Waals surface area contributed by atoms with Gasteiger partial charge in [-0.05, 0) is 54.3 Å². The van der Waals surface area contributed by atoms with E-state index < -0.39 is 10.0 Å². The van der Waals surface area contributed by atoms with Crippen molar-refractivity contribution >= 4 is 33.4 Å². The van der Waals surface area contributed by atoms with Crippen molar-refractivity contribution in [1.29, 1.82) is 0 Å². The lowest BCUT2D eigenvalue weighted by Gasteiger charge is -2.50. The highest BCUT2D eigenvalue weighted by molar-refractivity contribution is 7.92. The third-order valence-corrected chi connectivity index (χ3v) is 10.3. The lowest BCUT2D eigenvalue weighted by atomic mass is 9.75. The van der Waals surface area contributed by atoms with Crippen molar-refractivity contribution in [3.05, 3.63) is 95.6 Å². The van der Waals surface area contributed by atoms with E-state index in [1.54, 1.807) is 36.4 Å². The Hall–Kier alpha value is -3.62. The van der Waals surface area contributed by atoms with E-state index in [4.69, 9.17) is 0 Å². The number of benzene rings is 3. The number of hydrogen-bond acceptors (Lipinski definition) is 5. The van der Waals surface area contributed by atoms with Gasteiger partial charge in [0, 0.05) is 56.6 Å². The Bertz CT molecular complexity index is 1520. The van der Waals surface area contributed by atoms with Gasteiger partial charge in [-0.3, -0.25) is 14.4 Å². The lowest BCUT2D eigenvalue weighted by molar-refractivity contribution is 0.00562. The predicted octanol–water partition coefficient (Wildman–Crippen LogP) is 5.57. The van der Waals surface area contributed by atoms with Gasteiger partial charge < -0.3 is 9.80 Å². The van der Waals surface area contributed by atoms with Crippen LogP contribution in [0.25, 0.3) is 6.08 Å². The number of fused-ring (bicyclic) bond motifs is 1. The Labute approximate surface area is 243 Å². The summed E-state index contributed by atoms with van der Waals surface area (Å²) in [5.41, 5.74) is 4.03. The molecule has 0 spiro atoms. The smallest absolute Gasteiger partial charge is 0.263 e. The fourth-order valence-corrected chi connectivity index (χ4v) is 8.15. The molecular weight excluding hydrogens is 532 g/mol. The molecule has 0 atom stereocenters. The maximum absolute atomic E-state index is 13.4.